The van der Waals surface area contributed by atoms with E-state index in [2.05, 4.69) is 5.32 Å². The Labute approximate surface area is 120 Å². The second-order valence-corrected chi connectivity index (χ2v) is 6.66. The molecule has 0 spiro atoms. The molecule has 0 aromatic heterocycles. The van der Waals surface area contributed by atoms with Crippen LogP contribution in [0.1, 0.15) is 39.5 Å². The fourth-order valence-electron chi connectivity index (χ4n) is 3.39. The molecule has 1 saturated carbocycles. The van der Waals surface area contributed by atoms with Gasteiger partial charge in [-0.05, 0) is 51.4 Å². The zero-order chi connectivity index (χ0) is 14.3. The van der Waals surface area contributed by atoms with Gasteiger partial charge in [0.25, 0.3) is 0 Å². The minimum atomic E-state index is -0.671. The molecule has 2 saturated heterocycles. The van der Waals surface area contributed by atoms with Crippen LogP contribution in [0, 0.1) is 11.8 Å². The third-order valence-corrected chi connectivity index (χ3v) is 5.13. The smallest absolute Gasteiger partial charge is 0.248 e. The minimum Gasteiger partial charge on any atom is -0.381 e. The Kier molecular flexibility index (Phi) is 3.48. The summed E-state index contributed by atoms with van der Waals surface area (Å²) in [5.74, 6) is 0.948. The number of nitrogens with zero attached hydrogens (tertiary/aromatic N) is 1. The third kappa shape index (κ3) is 2.32. The zero-order valence-corrected chi connectivity index (χ0v) is 12.4. The van der Waals surface area contributed by atoms with Crippen LogP contribution in [-0.2, 0) is 14.3 Å². The lowest BCUT2D eigenvalue weighted by Crippen LogP contribution is -2.69. The molecule has 2 aliphatic heterocycles. The Balaban J connectivity index is 1.69. The highest BCUT2D eigenvalue weighted by Crippen LogP contribution is 2.42. The molecule has 1 N–H and O–H groups in total. The molecule has 0 aromatic carbocycles. The standard InChI is InChI=1S/C15H24N2O3/c1-10-13(18)16-15(2,12-3-4-12)14(19)17(10)7-5-11-6-8-20-9-11/h10-12H,3-9H2,1-2H3,(H,16,18). The van der Waals surface area contributed by atoms with Gasteiger partial charge in [-0.15, -0.1) is 0 Å². The van der Waals surface area contributed by atoms with Crippen molar-refractivity contribution in [2.24, 2.45) is 11.8 Å². The summed E-state index contributed by atoms with van der Waals surface area (Å²) in [4.78, 5) is 26.7. The Hall–Kier alpha value is -1.10. The van der Waals surface area contributed by atoms with E-state index in [9.17, 15) is 9.59 Å². The van der Waals surface area contributed by atoms with Gasteiger partial charge in [0, 0.05) is 19.8 Å². The fourth-order valence-corrected chi connectivity index (χ4v) is 3.39. The third-order valence-electron chi connectivity index (χ3n) is 5.13. The SMILES string of the molecule is CC1C(=O)NC(C)(C2CC2)C(=O)N1CCC1CCOC1. The molecule has 5 heteroatoms. The summed E-state index contributed by atoms with van der Waals surface area (Å²) in [6, 6.07) is -0.350. The molecule has 2 heterocycles. The molecular formula is C15H24N2O3. The normalized spacial score (nSPS) is 38.2. The van der Waals surface area contributed by atoms with Crippen LogP contribution in [0.25, 0.3) is 0 Å². The largest absolute Gasteiger partial charge is 0.381 e. The molecule has 3 fully saturated rings. The van der Waals surface area contributed by atoms with Gasteiger partial charge in [-0.3, -0.25) is 9.59 Å². The first-order valence-electron chi connectivity index (χ1n) is 7.73. The summed E-state index contributed by atoms with van der Waals surface area (Å²) in [5.41, 5.74) is -0.671. The summed E-state index contributed by atoms with van der Waals surface area (Å²) in [6.07, 6.45) is 4.09. The van der Waals surface area contributed by atoms with Gasteiger partial charge in [0.1, 0.15) is 11.6 Å². The topological polar surface area (TPSA) is 58.6 Å². The molecular weight excluding hydrogens is 256 g/mol. The monoisotopic (exact) mass is 280 g/mol. The molecule has 3 unspecified atom stereocenters. The van der Waals surface area contributed by atoms with Crippen molar-refractivity contribution in [2.45, 2.75) is 51.1 Å². The second-order valence-electron chi connectivity index (χ2n) is 6.66. The van der Waals surface area contributed by atoms with E-state index < -0.39 is 5.54 Å². The van der Waals surface area contributed by atoms with E-state index in [1.54, 1.807) is 4.90 Å². The number of hydrogen-bond acceptors (Lipinski definition) is 3. The van der Waals surface area contributed by atoms with Crippen LogP contribution in [0.5, 0.6) is 0 Å². The van der Waals surface area contributed by atoms with Crippen LogP contribution in [0.3, 0.4) is 0 Å². The highest BCUT2D eigenvalue weighted by Gasteiger charge is 2.54. The molecule has 2 amide bonds. The average Bonchev–Trinajstić information content (AvgIpc) is 3.15. The number of carbonyl (C=O) groups excluding carboxylic acids is 2. The van der Waals surface area contributed by atoms with E-state index in [1.807, 2.05) is 13.8 Å². The van der Waals surface area contributed by atoms with E-state index in [-0.39, 0.29) is 17.9 Å². The molecule has 0 bridgehead atoms. The Bertz CT molecular complexity index is 415. The Morgan fingerprint density at radius 1 is 1.35 bits per heavy atom. The lowest BCUT2D eigenvalue weighted by Gasteiger charge is -2.44. The van der Waals surface area contributed by atoms with Gasteiger partial charge in [-0.25, -0.2) is 0 Å². The Morgan fingerprint density at radius 3 is 2.70 bits per heavy atom. The maximum atomic E-state index is 12.8. The van der Waals surface area contributed by atoms with Crippen molar-refractivity contribution in [3.63, 3.8) is 0 Å². The minimum absolute atomic E-state index is 0.0123. The first-order chi connectivity index (χ1) is 9.52. The molecule has 20 heavy (non-hydrogen) atoms. The van der Waals surface area contributed by atoms with Gasteiger partial charge in [0.15, 0.2) is 0 Å². The second kappa shape index (κ2) is 5.02. The van der Waals surface area contributed by atoms with Gasteiger partial charge < -0.3 is 15.0 Å². The van der Waals surface area contributed by atoms with Crippen molar-refractivity contribution in [3.05, 3.63) is 0 Å². The number of hydrogen-bond donors (Lipinski definition) is 1. The number of nitrogens with one attached hydrogen (secondary N) is 1. The van der Waals surface area contributed by atoms with Crippen molar-refractivity contribution in [1.29, 1.82) is 0 Å². The van der Waals surface area contributed by atoms with Crippen molar-refractivity contribution < 1.29 is 14.3 Å². The Morgan fingerprint density at radius 2 is 2.10 bits per heavy atom. The molecule has 1 aliphatic carbocycles. The average molecular weight is 280 g/mol. The van der Waals surface area contributed by atoms with Gasteiger partial charge in [0.2, 0.25) is 11.8 Å². The highest BCUT2D eigenvalue weighted by molar-refractivity contribution is 5.99. The first-order valence-corrected chi connectivity index (χ1v) is 7.73. The predicted octanol–water partition coefficient (Wildman–Crippen LogP) is 0.929. The number of carbonyl (C=O) groups is 2. The van der Waals surface area contributed by atoms with Crippen LogP contribution in [0.4, 0.5) is 0 Å². The molecule has 0 radical (unpaired) electrons. The molecule has 112 valence electrons. The van der Waals surface area contributed by atoms with E-state index in [0.717, 1.165) is 38.9 Å². The number of amides is 2. The van der Waals surface area contributed by atoms with Gasteiger partial charge in [0.05, 0.1) is 0 Å². The fraction of sp³-hybridized carbons (Fsp3) is 0.867. The van der Waals surface area contributed by atoms with Gasteiger partial charge >= 0.3 is 0 Å². The van der Waals surface area contributed by atoms with Crippen LogP contribution in [0.15, 0.2) is 0 Å². The molecule has 3 rings (SSSR count). The van der Waals surface area contributed by atoms with Crippen molar-refractivity contribution in [2.75, 3.05) is 19.8 Å². The van der Waals surface area contributed by atoms with Crippen molar-refractivity contribution >= 4 is 11.8 Å². The summed E-state index contributed by atoms with van der Waals surface area (Å²) in [6.45, 7) is 6.01. The highest BCUT2D eigenvalue weighted by atomic mass is 16.5. The van der Waals surface area contributed by atoms with Gasteiger partial charge in [-0.1, -0.05) is 0 Å². The molecule has 3 atom stereocenters. The van der Waals surface area contributed by atoms with Crippen LogP contribution in [-0.4, -0.2) is 48.1 Å². The number of ether oxygens (including phenoxy) is 1. The van der Waals surface area contributed by atoms with Crippen LogP contribution < -0.4 is 5.32 Å². The van der Waals surface area contributed by atoms with E-state index in [4.69, 9.17) is 4.74 Å². The van der Waals surface area contributed by atoms with E-state index in [1.165, 1.54) is 0 Å². The van der Waals surface area contributed by atoms with Crippen molar-refractivity contribution in [1.82, 2.24) is 10.2 Å². The zero-order valence-electron chi connectivity index (χ0n) is 12.4. The summed E-state index contributed by atoms with van der Waals surface area (Å²) >= 11 is 0. The first kappa shape index (κ1) is 13.9. The molecule has 0 aromatic rings. The van der Waals surface area contributed by atoms with E-state index >= 15 is 0 Å². The molecule has 3 aliphatic rings. The van der Waals surface area contributed by atoms with Crippen molar-refractivity contribution in [3.8, 4) is 0 Å². The van der Waals surface area contributed by atoms with Crippen LogP contribution in [0.2, 0.25) is 0 Å². The maximum absolute atomic E-state index is 12.8. The van der Waals surface area contributed by atoms with E-state index in [0.29, 0.717) is 18.4 Å². The number of piperazine rings is 1. The summed E-state index contributed by atoms with van der Waals surface area (Å²) in [5, 5.41) is 2.96. The predicted molar refractivity (Wildman–Crippen MR) is 74.0 cm³/mol. The summed E-state index contributed by atoms with van der Waals surface area (Å²) in [7, 11) is 0. The lowest BCUT2D eigenvalue weighted by atomic mass is 9.89. The lowest BCUT2D eigenvalue weighted by molar-refractivity contribution is -0.154. The van der Waals surface area contributed by atoms with Gasteiger partial charge in [-0.2, -0.15) is 0 Å². The maximum Gasteiger partial charge on any atom is 0.248 e. The number of rotatable bonds is 4. The van der Waals surface area contributed by atoms with Crippen LogP contribution >= 0.6 is 0 Å². The quantitative estimate of drug-likeness (QED) is 0.833. The summed E-state index contributed by atoms with van der Waals surface area (Å²) < 4.78 is 5.38. The molecule has 5 nitrogen and oxygen atoms in total.